The first-order valence-electron chi connectivity index (χ1n) is 10.6. The number of likely N-dealkylation sites (tertiary alicyclic amines) is 1. The van der Waals surface area contributed by atoms with Crippen molar-refractivity contribution >= 4 is 23.3 Å². The topological polar surface area (TPSA) is 54.5 Å². The van der Waals surface area contributed by atoms with E-state index in [0.29, 0.717) is 5.92 Å². The van der Waals surface area contributed by atoms with Gasteiger partial charge >= 0.3 is 0 Å². The smallest absolute Gasteiger partial charge is 0.225 e. The van der Waals surface area contributed by atoms with Crippen LogP contribution in [-0.4, -0.2) is 42.5 Å². The zero-order chi connectivity index (χ0) is 21.6. The molecule has 1 fully saturated rings. The molecule has 1 saturated heterocycles. The second kappa shape index (κ2) is 10.2. The lowest BCUT2D eigenvalue weighted by atomic mass is 9.88. The largest absolute Gasteiger partial charge is 0.496 e. The summed E-state index contributed by atoms with van der Waals surface area (Å²) in [4.78, 5) is 19.6. The standard InChI is InChI=1S/C24H33N3O2S/c1-24(2,3)23(28)26-21(22-25-13-17-30-22)19-11-15-27(16-12-19)14-7-9-18-8-5-6-10-20(18)29-4/h5-10,13,17,19,21H,11-12,14-16H2,1-4H3,(H,26,28)/b9-7+. The molecule has 1 N–H and O–H groups in total. The van der Waals surface area contributed by atoms with Gasteiger partial charge < -0.3 is 10.1 Å². The average Bonchev–Trinajstić information content (AvgIpc) is 3.26. The second-order valence-electron chi connectivity index (χ2n) is 8.85. The number of para-hydroxylation sites is 1. The number of ether oxygens (including phenoxy) is 1. The minimum absolute atomic E-state index is 0.00278. The van der Waals surface area contributed by atoms with Gasteiger partial charge in [-0.2, -0.15) is 0 Å². The van der Waals surface area contributed by atoms with Gasteiger partial charge in [0.2, 0.25) is 5.91 Å². The van der Waals surface area contributed by atoms with Crippen LogP contribution in [0.4, 0.5) is 0 Å². The molecule has 1 aliphatic rings. The molecule has 1 aromatic carbocycles. The molecule has 0 bridgehead atoms. The summed E-state index contributed by atoms with van der Waals surface area (Å²) in [6, 6.07) is 8.06. The van der Waals surface area contributed by atoms with Crippen LogP contribution in [-0.2, 0) is 4.79 Å². The van der Waals surface area contributed by atoms with Crippen LogP contribution in [0.5, 0.6) is 5.75 Å². The van der Waals surface area contributed by atoms with E-state index in [1.165, 1.54) is 0 Å². The summed E-state index contributed by atoms with van der Waals surface area (Å²) in [6.45, 7) is 8.83. The Balaban J connectivity index is 1.57. The number of carbonyl (C=O) groups is 1. The minimum Gasteiger partial charge on any atom is -0.496 e. The molecule has 2 heterocycles. The van der Waals surface area contributed by atoms with Gasteiger partial charge in [-0.05, 0) is 37.9 Å². The third kappa shape index (κ3) is 5.92. The van der Waals surface area contributed by atoms with Crippen LogP contribution in [0.2, 0.25) is 0 Å². The number of nitrogens with zero attached hydrogens (tertiary/aromatic N) is 2. The van der Waals surface area contributed by atoms with E-state index in [0.717, 1.165) is 48.8 Å². The predicted molar refractivity (Wildman–Crippen MR) is 124 cm³/mol. The number of piperidine rings is 1. The molecule has 1 atom stereocenters. The molecule has 0 aliphatic carbocycles. The molecule has 0 spiro atoms. The van der Waals surface area contributed by atoms with E-state index in [1.54, 1.807) is 18.4 Å². The van der Waals surface area contributed by atoms with E-state index in [-0.39, 0.29) is 11.9 Å². The number of methoxy groups -OCH3 is 1. The molecule has 3 rings (SSSR count). The molecule has 0 saturated carbocycles. The van der Waals surface area contributed by atoms with Crippen LogP contribution < -0.4 is 10.1 Å². The average molecular weight is 428 g/mol. The number of benzene rings is 1. The summed E-state index contributed by atoms with van der Waals surface area (Å²) < 4.78 is 5.41. The van der Waals surface area contributed by atoms with Gasteiger partial charge in [0.15, 0.2) is 0 Å². The summed E-state index contributed by atoms with van der Waals surface area (Å²) in [6.07, 6.45) is 8.27. The van der Waals surface area contributed by atoms with Gasteiger partial charge in [0, 0.05) is 29.1 Å². The molecule has 6 heteroatoms. The van der Waals surface area contributed by atoms with Gasteiger partial charge in [0.05, 0.1) is 13.2 Å². The number of hydrogen-bond acceptors (Lipinski definition) is 5. The fraction of sp³-hybridized carbons (Fsp3) is 0.500. The normalized spacial score (nSPS) is 17.2. The van der Waals surface area contributed by atoms with Gasteiger partial charge in [-0.1, -0.05) is 51.1 Å². The van der Waals surface area contributed by atoms with Crippen LogP contribution >= 0.6 is 11.3 Å². The van der Waals surface area contributed by atoms with Gasteiger partial charge in [0.25, 0.3) is 0 Å². The third-order valence-electron chi connectivity index (χ3n) is 5.59. The van der Waals surface area contributed by atoms with Crippen molar-refractivity contribution in [2.45, 2.75) is 39.7 Å². The number of carbonyl (C=O) groups excluding carboxylic acids is 1. The number of rotatable bonds is 7. The van der Waals surface area contributed by atoms with E-state index in [2.05, 4.69) is 33.4 Å². The van der Waals surface area contributed by atoms with Gasteiger partial charge in [-0.25, -0.2) is 4.98 Å². The summed E-state index contributed by atoms with van der Waals surface area (Å²) in [5.74, 6) is 1.40. The van der Waals surface area contributed by atoms with Gasteiger partial charge in [0.1, 0.15) is 10.8 Å². The first kappa shape index (κ1) is 22.5. The summed E-state index contributed by atoms with van der Waals surface area (Å²) in [5.41, 5.74) is 0.697. The Labute approximate surface area is 184 Å². The minimum atomic E-state index is -0.403. The lowest BCUT2D eigenvalue weighted by Crippen LogP contribution is -2.43. The Hall–Kier alpha value is -2.18. The van der Waals surface area contributed by atoms with E-state index in [1.807, 2.05) is 50.5 Å². The summed E-state index contributed by atoms with van der Waals surface area (Å²) in [7, 11) is 1.70. The van der Waals surface area contributed by atoms with E-state index in [4.69, 9.17) is 4.74 Å². The van der Waals surface area contributed by atoms with E-state index < -0.39 is 5.41 Å². The zero-order valence-electron chi connectivity index (χ0n) is 18.4. The van der Waals surface area contributed by atoms with Crippen molar-refractivity contribution < 1.29 is 9.53 Å². The first-order valence-corrected chi connectivity index (χ1v) is 11.5. The van der Waals surface area contributed by atoms with Crippen molar-refractivity contribution in [2.75, 3.05) is 26.7 Å². The van der Waals surface area contributed by atoms with Crippen molar-refractivity contribution in [3.63, 3.8) is 0 Å². The highest BCUT2D eigenvalue weighted by atomic mass is 32.1. The van der Waals surface area contributed by atoms with Crippen molar-refractivity contribution in [3.8, 4) is 5.75 Å². The molecular formula is C24H33N3O2S. The Morgan fingerprint density at radius 2 is 2.07 bits per heavy atom. The third-order valence-corrected chi connectivity index (χ3v) is 6.45. The van der Waals surface area contributed by atoms with E-state index in [9.17, 15) is 4.79 Å². The zero-order valence-corrected chi connectivity index (χ0v) is 19.2. The molecule has 1 unspecified atom stereocenters. The SMILES string of the molecule is COc1ccccc1/C=C/CN1CCC(C(NC(=O)C(C)(C)C)c2nccs2)CC1. The molecule has 5 nitrogen and oxygen atoms in total. The summed E-state index contributed by atoms with van der Waals surface area (Å²) in [5, 5.41) is 6.29. The van der Waals surface area contributed by atoms with Crippen molar-refractivity contribution in [1.29, 1.82) is 0 Å². The maximum absolute atomic E-state index is 12.6. The molecule has 30 heavy (non-hydrogen) atoms. The fourth-order valence-corrected chi connectivity index (χ4v) is 4.51. The van der Waals surface area contributed by atoms with Crippen molar-refractivity contribution in [3.05, 3.63) is 52.5 Å². The van der Waals surface area contributed by atoms with Crippen LogP contribution in [0.25, 0.3) is 6.08 Å². The van der Waals surface area contributed by atoms with Crippen molar-refractivity contribution in [2.24, 2.45) is 11.3 Å². The lowest BCUT2D eigenvalue weighted by Gasteiger charge is -2.36. The highest BCUT2D eigenvalue weighted by molar-refractivity contribution is 7.09. The van der Waals surface area contributed by atoms with Crippen LogP contribution in [0.3, 0.4) is 0 Å². The molecule has 162 valence electrons. The molecule has 0 radical (unpaired) electrons. The first-order chi connectivity index (χ1) is 14.4. The second-order valence-corrected chi connectivity index (χ2v) is 9.78. The van der Waals surface area contributed by atoms with Gasteiger partial charge in [-0.15, -0.1) is 11.3 Å². The summed E-state index contributed by atoms with van der Waals surface area (Å²) >= 11 is 1.63. The molecule has 2 aromatic rings. The van der Waals surface area contributed by atoms with Crippen molar-refractivity contribution in [1.82, 2.24) is 15.2 Å². The Kier molecular flexibility index (Phi) is 7.67. The Morgan fingerprint density at radius 1 is 1.33 bits per heavy atom. The quantitative estimate of drug-likeness (QED) is 0.691. The molecular weight excluding hydrogens is 394 g/mol. The Morgan fingerprint density at radius 3 is 2.70 bits per heavy atom. The molecule has 1 amide bonds. The lowest BCUT2D eigenvalue weighted by molar-refractivity contribution is -0.129. The van der Waals surface area contributed by atoms with Crippen LogP contribution in [0, 0.1) is 11.3 Å². The van der Waals surface area contributed by atoms with E-state index >= 15 is 0 Å². The highest BCUT2D eigenvalue weighted by Crippen LogP contribution is 2.33. The number of thiazole rings is 1. The number of nitrogens with one attached hydrogen (secondary N) is 1. The van der Waals surface area contributed by atoms with Crippen LogP contribution in [0.1, 0.15) is 50.2 Å². The molecule has 1 aliphatic heterocycles. The number of hydrogen-bond donors (Lipinski definition) is 1. The molecule has 1 aromatic heterocycles. The maximum atomic E-state index is 12.6. The maximum Gasteiger partial charge on any atom is 0.225 e. The van der Waals surface area contributed by atoms with Gasteiger partial charge in [-0.3, -0.25) is 9.69 Å². The number of aromatic nitrogens is 1. The highest BCUT2D eigenvalue weighted by Gasteiger charge is 2.33. The number of amides is 1. The predicted octanol–water partition coefficient (Wildman–Crippen LogP) is 4.78. The monoisotopic (exact) mass is 427 g/mol. The Bertz CT molecular complexity index is 834. The van der Waals surface area contributed by atoms with Crippen LogP contribution in [0.15, 0.2) is 41.9 Å². The fourth-order valence-electron chi connectivity index (χ4n) is 3.73.